The molecule has 3 rings (SSSR count). The van der Waals surface area contributed by atoms with Crippen LogP contribution in [0.3, 0.4) is 0 Å². The summed E-state index contributed by atoms with van der Waals surface area (Å²) < 4.78 is 6.73. The normalized spacial score (nSPS) is 10.8. The number of nitrogens with zero attached hydrogens (tertiary/aromatic N) is 4. The van der Waals surface area contributed by atoms with Crippen LogP contribution in [-0.2, 0) is 11.3 Å². The van der Waals surface area contributed by atoms with E-state index in [0.29, 0.717) is 23.8 Å². The van der Waals surface area contributed by atoms with Crippen molar-refractivity contribution in [2.45, 2.75) is 33.2 Å². The van der Waals surface area contributed by atoms with Crippen molar-refractivity contribution in [1.82, 2.24) is 19.6 Å². The summed E-state index contributed by atoms with van der Waals surface area (Å²) in [4.78, 5) is 30.6. The van der Waals surface area contributed by atoms with Crippen LogP contribution in [0.4, 0.5) is 0 Å². The topological polar surface area (TPSA) is 81.2 Å². The van der Waals surface area contributed by atoms with Gasteiger partial charge in [-0.15, -0.1) is 0 Å². The summed E-state index contributed by atoms with van der Waals surface area (Å²) in [7, 11) is 1.75. The van der Waals surface area contributed by atoms with E-state index in [4.69, 9.17) is 4.52 Å². The summed E-state index contributed by atoms with van der Waals surface area (Å²) >= 11 is 0. The second kappa shape index (κ2) is 8.65. The fraction of sp³-hybridized carbons (Fsp3) is 0.333. The second-order valence-corrected chi connectivity index (χ2v) is 6.84. The van der Waals surface area contributed by atoms with Gasteiger partial charge in [-0.3, -0.25) is 9.59 Å². The Balaban J connectivity index is 1.81. The minimum Gasteiger partial charge on any atom is -0.344 e. The van der Waals surface area contributed by atoms with Crippen LogP contribution in [0.1, 0.15) is 25.3 Å². The number of rotatable bonds is 7. The molecule has 0 saturated heterocycles. The summed E-state index contributed by atoms with van der Waals surface area (Å²) in [5, 5.41) is 4.02. The zero-order valence-electron chi connectivity index (χ0n) is 16.4. The molecule has 0 saturated carbocycles. The number of benzene rings is 1. The maximum Gasteiger partial charge on any atom is 0.259 e. The number of likely N-dealkylation sites (N-methyl/N-ethyl adjacent to an activating group) is 1. The SMILES string of the molecule is CCCCN(C)C(=O)Cn1cc(-c2nc(-c3ccc(C)cc3)no2)ccc1=O. The van der Waals surface area contributed by atoms with Gasteiger partial charge in [-0.2, -0.15) is 4.98 Å². The van der Waals surface area contributed by atoms with E-state index < -0.39 is 0 Å². The van der Waals surface area contributed by atoms with Gasteiger partial charge >= 0.3 is 0 Å². The maximum atomic E-state index is 12.3. The molecule has 0 aliphatic rings. The predicted octanol–water partition coefficient (Wildman–Crippen LogP) is 3.13. The zero-order valence-corrected chi connectivity index (χ0v) is 16.4. The van der Waals surface area contributed by atoms with Crippen LogP contribution in [0, 0.1) is 6.92 Å². The Morgan fingerprint density at radius 3 is 2.57 bits per heavy atom. The van der Waals surface area contributed by atoms with E-state index in [1.54, 1.807) is 24.2 Å². The van der Waals surface area contributed by atoms with Gasteiger partial charge in [0.2, 0.25) is 11.7 Å². The van der Waals surface area contributed by atoms with Gasteiger partial charge < -0.3 is 14.0 Å². The number of unbranched alkanes of at least 4 members (excludes halogenated alkanes) is 1. The van der Waals surface area contributed by atoms with E-state index >= 15 is 0 Å². The van der Waals surface area contributed by atoms with Crippen LogP contribution < -0.4 is 5.56 Å². The molecule has 0 fully saturated rings. The number of hydrogen-bond acceptors (Lipinski definition) is 5. The molecule has 0 atom stereocenters. The quantitative estimate of drug-likeness (QED) is 0.629. The minimum atomic E-state index is -0.251. The Kier molecular flexibility index (Phi) is 6.03. The van der Waals surface area contributed by atoms with Gasteiger partial charge in [0, 0.05) is 31.4 Å². The van der Waals surface area contributed by atoms with Crippen LogP contribution in [-0.4, -0.2) is 39.1 Å². The van der Waals surface area contributed by atoms with Gasteiger partial charge in [-0.1, -0.05) is 48.3 Å². The standard InChI is InChI=1S/C21H24N4O3/c1-4-5-12-24(3)19(27)14-25-13-17(10-11-18(25)26)21-22-20(23-28-21)16-8-6-15(2)7-9-16/h6-11,13H,4-5,12,14H2,1-3H3. The Hall–Kier alpha value is -3.22. The first-order chi connectivity index (χ1) is 13.5. The molecule has 28 heavy (non-hydrogen) atoms. The van der Waals surface area contributed by atoms with E-state index in [0.717, 1.165) is 24.0 Å². The molecule has 2 aromatic heterocycles. The van der Waals surface area contributed by atoms with E-state index in [1.807, 2.05) is 31.2 Å². The highest BCUT2D eigenvalue weighted by Gasteiger charge is 2.14. The number of aromatic nitrogens is 3. The molecule has 0 unspecified atom stereocenters. The first-order valence-electron chi connectivity index (χ1n) is 9.33. The fourth-order valence-electron chi connectivity index (χ4n) is 2.73. The van der Waals surface area contributed by atoms with Gasteiger partial charge in [0.15, 0.2) is 0 Å². The molecule has 2 heterocycles. The van der Waals surface area contributed by atoms with Gasteiger partial charge in [-0.05, 0) is 19.4 Å². The van der Waals surface area contributed by atoms with Crippen molar-refractivity contribution in [2.24, 2.45) is 0 Å². The fourth-order valence-corrected chi connectivity index (χ4v) is 2.73. The molecule has 0 radical (unpaired) electrons. The number of amides is 1. The largest absolute Gasteiger partial charge is 0.344 e. The lowest BCUT2D eigenvalue weighted by atomic mass is 10.1. The highest BCUT2D eigenvalue weighted by atomic mass is 16.5. The molecule has 1 amide bonds. The van der Waals surface area contributed by atoms with Crippen LogP contribution in [0.2, 0.25) is 0 Å². The van der Waals surface area contributed by atoms with Crippen molar-refractivity contribution in [3.63, 3.8) is 0 Å². The average molecular weight is 380 g/mol. The molecule has 146 valence electrons. The van der Waals surface area contributed by atoms with Crippen LogP contribution in [0.25, 0.3) is 22.8 Å². The smallest absolute Gasteiger partial charge is 0.259 e. The molecule has 0 spiro atoms. The molecule has 1 aromatic carbocycles. The highest BCUT2D eigenvalue weighted by molar-refractivity contribution is 5.75. The van der Waals surface area contributed by atoms with Gasteiger partial charge in [-0.25, -0.2) is 0 Å². The maximum absolute atomic E-state index is 12.3. The number of carbonyl (C=O) groups is 1. The first-order valence-corrected chi connectivity index (χ1v) is 9.33. The lowest BCUT2D eigenvalue weighted by molar-refractivity contribution is -0.130. The van der Waals surface area contributed by atoms with E-state index in [-0.39, 0.29) is 18.0 Å². The summed E-state index contributed by atoms with van der Waals surface area (Å²) in [6.45, 7) is 4.73. The lowest BCUT2D eigenvalue weighted by Crippen LogP contribution is -2.34. The molecule has 7 nitrogen and oxygen atoms in total. The average Bonchev–Trinajstić information content (AvgIpc) is 3.18. The molecular formula is C21H24N4O3. The number of carbonyl (C=O) groups excluding carboxylic acids is 1. The van der Waals surface area contributed by atoms with Crippen molar-refractivity contribution in [1.29, 1.82) is 0 Å². The molecular weight excluding hydrogens is 356 g/mol. The van der Waals surface area contributed by atoms with Crippen molar-refractivity contribution < 1.29 is 9.32 Å². The van der Waals surface area contributed by atoms with Crippen molar-refractivity contribution >= 4 is 5.91 Å². The van der Waals surface area contributed by atoms with E-state index in [1.165, 1.54) is 10.6 Å². The molecule has 7 heteroatoms. The molecule has 0 aliphatic carbocycles. The van der Waals surface area contributed by atoms with E-state index in [9.17, 15) is 9.59 Å². The lowest BCUT2D eigenvalue weighted by Gasteiger charge is -2.17. The van der Waals surface area contributed by atoms with Gasteiger partial charge in [0.1, 0.15) is 6.54 Å². The zero-order chi connectivity index (χ0) is 20.1. The number of aryl methyl sites for hydroxylation is 1. The summed E-state index contributed by atoms with van der Waals surface area (Å²) in [5.74, 6) is 0.665. The molecule has 0 aliphatic heterocycles. The summed E-state index contributed by atoms with van der Waals surface area (Å²) in [6, 6.07) is 10.8. The number of hydrogen-bond donors (Lipinski definition) is 0. The highest BCUT2D eigenvalue weighted by Crippen LogP contribution is 2.21. The monoisotopic (exact) mass is 380 g/mol. The third-order valence-electron chi connectivity index (χ3n) is 4.54. The van der Waals surface area contributed by atoms with Crippen LogP contribution in [0.5, 0.6) is 0 Å². The van der Waals surface area contributed by atoms with Crippen molar-refractivity contribution in [2.75, 3.05) is 13.6 Å². The third kappa shape index (κ3) is 4.54. The van der Waals surface area contributed by atoms with Crippen molar-refractivity contribution in [3.8, 4) is 22.8 Å². The minimum absolute atomic E-state index is 0.0220. The molecule has 0 bridgehead atoms. The van der Waals surface area contributed by atoms with Gasteiger partial charge in [0.25, 0.3) is 11.4 Å². The molecule has 0 N–H and O–H groups in total. The van der Waals surface area contributed by atoms with Gasteiger partial charge in [0.05, 0.1) is 5.56 Å². The molecule has 3 aromatic rings. The Morgan fingerprint density at radius 2 is 1.86 bits per heavy atom. The predicted molar refractivity (Wildman–Crippen MR) is 107 cm³/mol. The first kappa shape index (κ1) is 19.5. The summed E-state index contributed by atoms with van der Waals surface area (Å²) in [5.41, 5.74) is 2.34. The van der Waals surface area contributed by atoms with E-state index in [2.05, 4.69) is 17.1 Å². The third-order valence-corrected chi connectivity index (χ3v) is 4.54. The van der Waals surface area contributed by atoms with Crippen LogP contribution in [0.15, 0.2) is 51.9 Å². The van der Waals surface area contributed by atoms with Crippen molar-refractivity contribution in [3.05, 3.63) is 58.5 Å². The Morgan fingerprint density at radius 1 is 1.14 bits per heavy atom. The number of pyridine rings is 1. The Bertz CT molecular complexity index is 1000. The van der Waals surface area contributed by atoms with Crippen LogP contribution >= 0.6 is 0 Å². The Labute approximate surface area is 163 Å². The second-order valence-electron chi connectivity index (χ2n) is 6.84. The summed E-state index contributed by atoms with van der Waals surface area (Å²) in [6.07, 6.45) is 3.52.